The number of carboxylic acids is 1. The van der Waals surface area contributed by atoms with Crippen LogP contribution in [0.1, 0.15) is 42.9 Å². The molecule has 1 saturated carbocycles. The van der Waals surface area contributed by atoms with E-state index >= 15 is 0 Å². The van der Waals surface area contributed by atoms with E-state index in [1.807, 2.05) is 48.5 Å². The Kier molecular flexibility index (Phi) is 5.50. The molecule has 2 aromatic carbocycles. The van der Waals surface area contributed by atoms with Gasteiger partial charge in [0, 0.05) is 23.8 Å². The summed E-state index contributed by atoms with van der Waals surface area (Å²) in [6.07, 6.45) is 2.61. The summed E-state index contributed by atoms with van der Waals surface area (Å²) >= 11 is 0. The lowest BCUT2D eigenvalue weighted by Gasteiger charge is -2.52. The Morgan fingerprint density at radius 1 is 1.09 bits per heavy atom. The zero-order chi connectivity index (χ0) is 22.9. The summed E-state index contributed by atoms with van der Waals surface area (Å²) in [6, 6.07) is 14.7. The van der Waals surface area contributed by atoms with E-state index in [0.29, 0.717) is 0 Å². The molecule has 1 aromatic heterocycles. The van der Waals surface area contributed by atoms with Crippen LogP contribution in [-0.2, 0) is 20.9 Å². The zero-order valence-corrected chi connectivity index (χ0v) is 17.9. The minimum atomic E-state index is -1.00. The van der Waals surface area contributed by atoms with Crippen molar-refractivity contribution in [2.75, 3.05) is 4.90 Å². The van der Waals surface area contributed by atoms with Gasteiger partial charge in [0.2, 0.25) is 5.91 Å². The fourth-order valence-electron chi connectivity index (χ4n) is 4.80. The second kappa shape index (κ2) is 8.61. The van der Waals surface area contributed by atoms with Gasteiger partial charge in [0.05, 0.1) is 24.4 Å². The highest BCUT2D eigenvalue weighted by atomic mass is 16.6. The molecule has 0 saturated heterocycles. The lowest BCUT2D eigenvalue weighted by molar-refractivity contribution is -0.139. The van der Waals surface area contributed by atoms with E-state index in [9.17, 15) is 14.4 Å². The second-order valence-corrected chi connectivity index (χ2v) is 8.52. The number of rotatable bonds is 6. The Morgan fingerprint density at radius 2 is 1.94 bits per heavy atom. The standard InChI is InChI=1S/C25H24N2O6/c28-22(9-10-23(29)30)26-24-17-3-1-2-4-19(17)27(20-7-6-18(20)24)25(31)33-14-15-5-8-21-16(13-15)11-12-32-21/h1-5,8,11-13,18,20,24H,6-7,9-10,14H2,(H,26,28)(H,29,30). The SMILES string of the molecule is O=C(O)CCC(=O)NC1c2ccccc2N(C(=O)OCc2ccc3occc3c2)C2CCC12. The van der Waals surface area contributed by atoms with Crippen molar-refractivity contribution in [3.8, 4) is 0 Å². The molecule has 8 heteroatoms. The van der Waals surface area contributed by atoms with Gasteiger partial charge in [0.1, 0.15) is 12.2 Å². The monoisotopic (exact) mass is 448 g/mol. The Hall–Kier alpha value is -3.81. The molecule has 0 spiro atoms. The van der Waals surface area contributed by atoms with Gasteiger partial charge in [0.25, 0.3) is 0 Å². The number of nitrogens with zero attached hydrogens (tertiary/aromatic N) is 1. The number of fused-ring (bicyclic) bond motifs is 3. The van der Waals surface area contributed by atoms with Crippen molar-refractivity contribution in [1.82, 2.24) is 5.32 Å². The average Bonchev–Trinajstić information content (AvgIpc) is 3.25. The fraction of sp³-hybridized carbons (Fsp3) is 0.320. The third-order valence-electron chi connectivity index (χ3n) is 6.54. The summed E-state index contributed by atoms with van der Waals surface area (Å²) in [5, 5.41) is 12.8. The van der Waals surface area contributed by atoms with E-state index in [-0.39, 0.29) is 43.4 Å². The van der Waals surface area contributed by atoms with Crippen LogP contribution < -0.4 is 10.2 Å². The average molecular weight is 448 g/mol. The highest BCUT2D eigenvalue weighted by Gasteiger charge is 2.49. The first-order valence-corrected chi connectivity index (χ1v) is 11.0. The number of aliphatic carboxylic acids is 1. The minimum Gasteiger partial charge on any atom is -0.481 e. The first kappa shape index (κ1) is 21.1. The van der Waals surface area contributed by atoms with E-state index in [1.165, 1.54) is 0 Å². The maximum Gasteiger partial charge on any atom is 0.414 e. The van der Waals surface area contributed by atoms with Gasteiger partial charge in [-0.2, -0.15) is 0 Å². The molecule has 3 aromatic rings. The van der Waals surface area contributed by atoms with Crippen molar-refractivity contribution < 1.29 is 28.6 Å². The Morgan fingerprint density at radius 3 is 2.73 bits per heavy atom. The second-order valence-electron chi connectivity index (χ2n) is 8.52. The topological polar surface area (TPSA) is 109 Å². The number of benzene rings is 2. The Labute approximate surface area is 190 Å². The van der Waals surface area contributed by atoms with Gasteiger partial charge in [-0.3, -0.25) is 14.5 Å². The third kappa shape index (κ3) is 4.04. The van der Waals surface area contributed by atoms with Crippen LogP contribution in [0.2, 0.25) is 0 Å². The molecular weight excluding hydrogens is 424 g/mol. The number of furan rings is 1. The normalized spacial score (nSPS) is 21.0. The van der Waals surface area contributed by atoms with Crippen molar-refractivity contribution in [2.45, 2.75) is 44.4 Å². The molecule has 2 amide bonds. The number of carbonyl (C=O) groups excluding carboxylic acids is 2. The molecule has 8 nitrogen and oxygen atoms in total. The molecule has 170 valence electrons. The van der Waals surface area contributed by atoms with Crippen LogP contribution in [0.5, 0.6) is 0 Å². The van der Waals surface area contributed by atoms with E-state index in [4.69, 9.17) is 14.3 Å². The first-order chi connectivity index (χ1) is 16.0. The van der Waals surface area contributed by atoms with Gasteiger partial charge in [-0.15, -0.1) is 0 Å². The summed E-state index contributed by atoms with van der Waals surface area (Å²) in [7, 11) is 0. The van der Waals surface area contributed by atoms with Gasteiger partial charge in [0.15, 0.2) is 0 Å². The summed E-state index contributed by atoms with van der Waals surface area (Å²) in [6.45, 7) is 0.144. The molecule has 2 aliphatic rings. The zero-order valence-electron chi connectivity index (χ0n) is 17.9. The first-order valence-electron chi connectivity index (χ1n) is 11.0. The number of nitrogens with one attached hydrogen (secondary N) is 1. The summed E-state index contributed by atoms with van der Waals surface area (Å²) in [5.41, 5.74) is 3.22. The van der Waals surface area contributed by atoms with Crippen LogP contribution in [0, 0.1) is 5.92 Å². The van der Waals surface area contributed by atoms with E-state index < -0.39 is 12.1 Å². The van der Waals surface area contributed by atoms with E-state index in [1.54, 1.807) is 11.2 Å². The molecule has 1 aliphatic carbocycles. The fourth-order valence-corrected chi connectivity index (χ4v) is 4.80. The molecular formula is C25H24N2O6. The number of para-hydroxylation sites is 1. The summed E-state index contributed by atoms with van der Waals surface area (Å²) in [4.78, 5) is 38.1. The Bertz CT molecular complexity index is 1220. The summed E-state index contributed by atoms with van der Waals surface area (Å²) in [5.74, 6) is -1.24. The number of anilines is 1. The maximum absolute atomic E-state index is 13.2. The molecule has 0 bridgehead atoms. The van der Waals surface area contributed by atoms with Crippen molar-refractivity contribution in [2.24, 2.45) is 5.92 Å². The molecule has 0 radical (unpaired) electrons. The van der Waals surface area contributed by atoms with Gasteiger partial charge in [-0.1, -0.05) is 24.3 Å². The molecule has 3 atom stereocenters. The van der Waals surface area contributed by atoms with Crippen LogP contribution >= 0.6 is 0 Å². The van der Waals surface area contributed by atoms with Gasteiger partial charge in [-0.25, -0.2) is 4.79 Å². The molecule has 1 aliphatic heterocycles. The smallest absolute Gasteiger partial charge is 0.414 e. The van der Waals surface area contributed by atoms with Gasteiger partial charge >= 0.3 is 12.1 Å². The van der Waals surface area contributed by atoms with Crippen LogP contribution in [0.25, 0.3) is 11.0 Å². The number of hydrogen-bond donors (Lipinski definition) is 2. The molecule has 3 unspecified atom stereocenters. The van der Waals surface area contributed by atoms with Crippen molar-refractivity contribution in [3.63, 3.8) is 0 Å². The predicted molar refractivity (Wildman–Crippen MR) is 120 cm³/mol. The molecule has 2 N–H and O–H groups in total. The van der Waals surface area contributed by atoms with Crippen molar-refractivity contribution in [3.05, 3.63) is 65.9 Å². The van der Waals surface area contributed by atoms with E-state index in [0.717, 1.165) is 40.6 Å². The number of hydrogen-bond acceptors (Lipinski definition) is 5. The van der Waals surface area contributed by atoms with Crippen LogP contribution in [0.4, 0.5) is 10.5 Å². The lowest BCUT2D eigenvalue weighted by Crippen LogP contribution is -2.58. The highest BCUT2D eigenvalue weighted by Crippen LogP contribution is 2.50. The number of carbonyl (C=O) groups is 3. The number of ether oxygens (including phenoxy) is 1. The number of carboxylic acid groups (broad SMARTS) is 1. The number of amides is 2. The van der Waals surface area contributed by atoms with Gasteiger partial charge in [-0.05, 0) is 48.2 Å². The van der Waals surface area contributed by atoms with Gasteiger partial charge < -0.3 is 19.6 Å². The predicted octanol–water partition coefficient (Wildman–Crippen LogP) is 4.39. The molecule has 1 fully saturated rings. The highest BCUT2D eigenvalue weighted by molar-refractivity contribution is 5.91. The van der Waals surface area contributed by atoms with Crippen LogP contribution in [0.15, 0.2) is 59.2 Å². The minimum absolute atomic E-state index is 0.0588. The van der Waals surface area contributed by atoms with Crippen LogP contribution in [0.3, 0.4) is 0 Å². The third-order valence-corrected chi connectivity index (χ3v) is 6.54. The van der Waals surface area contributed by atoms with Crippen LogP contribution in [-0.4, -0.2) is 29.1 Å². The van der Waals surface area contributed by atoms with Crippen molar-refractivity contribution in [1.29, 1.82) is 0 Å². The lowest BCUT2D eigenvalue weighted by atomic mass is 9.68. The van der Waals surface area contributed by atoms with Crippen molar-refractivity contribution >= 4 is 34.6 Å². The molecule has 2 heterocycles. The maximum atomic E-state index is 13.2. The summed E-state index contributed by atoms with van der Waals surface area (Å²) < 4.78 is 11.0. The molecule has 33 heavy (non-hydrogen) atoms. The Balaban J connectivity index is 1.33. The quantitative estimate of drug-likeness (QED) is 0.579. The molecule has 5 rings (SSSR count). The largest absolute Gasteiger partial charge is 0.481 e. The van der Waals surface area contributed by atoms with E-state index in [2.05, 4.69) is 5.32 Å².